The van der Waals surface area contributed by atoms with Gasteiger partial charge in [0.15, 0.2) is 6.23 Å². The van der Waals surface area contributed by atoms with Crippen LogP contribution < -0.4 is 5.32 Å². The molecule has 3 atom stereocenters. The number of esters is 1. The number of hydrogen-bond donors (Lipinski definition) is 2. The van der Waals surface area contributed by atoms with E-state index >= 15 is 0 Å². The molecular weight excluding hydrogens is 434 g/mol. The Labute approximate surface area is 192 Å². The van der Waals surface area contributed by atoms with E-state index in [0.717, 1.165) is 49.2 Å². The van der Waals surface area contributed by atoms with E-state index in [2.05, 4.69) is 9.88 Å². The third kappa shape index (κ3) is 1.84. The highest BCUT2D eigenvalue weighted by atomic mass is 16.6. The van der Waals surface area contributed by atoms with Crippen LogP contribution in [0.2, 0.25) is 0 Å². The number of amides is 1. The lowest BCUT2D eigenvalue weighted by Crippen LogP contribution is -2.44. The topological polar surface area (TPSA) is 94.7 Å². The van der Waals surface area contributed by atoms with Crippen molar-refractivity contribution in [3.63, 3.8) is 0 Å². The Balaban J connectivity index is 1.71. The zero-order valence-electron chi connectivity index (χ0n) is 18.2. The fourth-order valence-corrected chi connectivity index (χ4v) is 6.52. The molecule has 0 radical (unpaired) electrons. The maximum atomic E-state index is 13.2. The van der Waals surface area contributed by atoms with E-state index in [1.165, 1.54) is 7.11 Å². The van der Waals surface area contributed by atoms with Gasteiger partial charge in [0, 0.05) is 34.5 Å². The van der Waals surface area contributed by atoms with Gasteiger partial charge in [-0.05, 0) is 17.7 Å². The van der Waals surface area contributed by atoms with Gasteiger partial charge in [0.05, 0.1) is 34.7 Å². The van der Waals surface area contributed by atoms with E-state index in [-0.39, 0.29) is 12.3 Å². The van der Waals surface area contributed by atoms with Crippen LogP contribution in [0.3, 0.4) is 0 Å². The lowest BCUT2D eigenvalue weighted by Gasteiger charge is -2.28. The highest BCUT2D eigenvalue weighted by molar-refractivity contribution is 6.31. The Kier molecular flexibility index (Phi) is 3.15. The summed E-state index contributed by atoms with van der Waals surface area (Å²) in [7, 11) is 1.28. The molecule has 5 aromatic rings. The van der Waals surface area contributed by atoms with E-state index in [1.807, 2.05) is 53.1 Å². The normalized spacial score (nSPS) is 24.9. The lowest BCUT2D eigenvalue weighted by atomic mass is 9.95. The Morgan fingerprint density at radius 2 is 1.71 bits per heavy atom. The first kappa shape index (κ1) is 18.5. The average Bonchev–Trinajstić information content (AvgIpc) is 3.55. The van der Waals surface area contributed by atoms with Gasteiger partial charge in [-0.1, -0.05) is 36.4 Å². The van der Waals surface area contributed by atoms with Gasteiger partial charge in [-0.15, -0.1) is 0 Å². The van der Waals surface area contributed by atoms with Gasteiger partial charge in [-0.2, -0.15) is 0 Å². The van der Waals surface area contributed by atoms with Crippen molar-refractivity contribution in [1.29, 1.82) is 0 Å². The van der Waals surface area contributed by atoms with Gasteiger partial charge in [-0.25, -0.2) is 4.79 Å². The number of rotatable bonds is 1. The first-order valence-corrected chi connectivity index (χ1v) is 11.3. The van der Waals surface area contributed by atoms with Crippen LogP contribution in [0.25, 0.3) is 43.6 Å². The molecule has 1 fully saturated rings. The van der Waals surface area contributed by atoms with Crippen LogP contribution in [0.4, 0.5) is 0 Å². The molecule has 168 valence electrons. The number of nitrogens with one attached hydrogen (secondary N) is 1. The molecule has 8 nitrogen and oxygen atoms in total. The van der Waals surface area contributed by atoms with Crippen LogP contribution >= 0.6 is 0 Å². The van der Waals surface area contributed by atoms with Crippen molar-refractivity contribution in [3.8, 4) is 0 Å². The van der Waals surface area contributed by atoms with Crippen molar-refractivity contribution in [2.45, 2.75) is 31.0 Å². The monoisotopic (exact) mass is 453 g/mol. The Morgan fingerprint density at radius 1 is 1.06 bits per heavy atom. The van der Waals surface area contributed by atoms with E-state index in [9.17, 15) is 14.7 Å². The Hall–Kier alpha value is -3.88. The minimum Gasteiger partial charge on any atom is -0.467 e. The van der Waals surface area contributed by atoms with Gasteiger partial charge in [-0.3, -0.25) is 4.79 Å². The van der Waals surface area contributed by atoms with Crippen molar-refractivity contribution < 1.29 is 24.2 Å². The molecule has 1 saturated heterocycles. The summed E-state index contributed by atoms with van der Waals surface area (Å²) in [6.45, 7) is 0.421. The number of nitrogens with zero attached hydrogens (tertiary/aromatic N) is 2. The maximum Gasteiger partial charge on any atom is 0.342 e. The number of para-hydroxylation sites is 2. The number of carbonyl (C=O) groups is 2. The zero-order chi connectivity index (χ0) is 22.9. The first-order valence-electron chi connectivity index (χ1n) is 11.3. The van der Waals surface area contributed by atoms with Crippen LogP contribution in [0.5, 0.6) is 0 Å². The molecule has 0 spiro atoms. The molecule has 5 heterocycles. The molecule has 0 saturated carbocycles. The summed E-state index contributed by atoms with van der Waals surface area (Å²) in [5.41, 5.74) is 3.24. The maximum absolute atomic E-state index is 13.2. The Morgan fingerprint density at radius 3 is 2.44 bits per heavy atom. The Bertz CT molecular complexity index is 1780. The second kappa shape index (κ2) is 5.78. The number of fused-ring (bicyclic) bond motifs is 13. The summed E-state index contributed by atoms with van der Waals surface area (Å²) in [6.07, 6.45) is -1.55. The fraction of sp³-hybridized carbons (Fsp3) is 0.231. The highest BCUT2D eigenvalue weighted by Gasteiger charge is 2.58. The quantitative estimate of drug-likeness (QED) is 0.379. The van der Waals surface area contributed by atoms with E-state index < -0.39 is 24.0 Å². The van der Waals surface area contributed by atoms with Gasteiger partial charge < -0.3 is 29.0 Å². The van der Waals surface area contributed by atoms with Gasteiger partial charge >= 0.3 is 5.97 Å². The number of hydrogen-bond acceptors (Lipinski definition) is 5. The van der Waals surface area contributed by atoms with Crippen LogP contribution in [0, 0.1) is 0 Å². The summed E-state index contributed by atoms with van der Waals surface area (Å²) in [5, 5.41) is 18.5. The van der Waals surface area contributed by atoms with Gasteiger partial charge in [0.25, 0.3) is 5.91 Å². The summed E-state index contributed by atoms with van der Waals surface area (Å²) < 4.78 is 15.5. The zero-order valence-corrected chi connectivity index (χ0v) is 18.2. The molecule has 1 unspecified atom stereocenters. The average molecular weight is 453 g/mol. The second-order valence-corrected chi connectivity index (χ2v) is 9.32. The molecular formula is C26H19N3O5. The molecule has 2 bridgehead atoms. The number of carbonyl (C=O) groups excluding carboxylic acids is 2. The van der Waals surface area contributed by atoms with Crippen molar-refractivity contribution in [1.82, 2.24) is 14.5 Å². The summed E-state index contributed by atoms with van der Waals surface area (Å²) >= 11 is 0. The molecule has 3 aliphatic rings. The minimum atomic E-state index is -1.86. The molecule has 3 aliphatic heterocycles. The molecule has 2 N–H and O–H groups in total. The standard InChI is InChI=1S/C26H19N3O5/c1-33-25(31)26(32)10-17-28-15-8-4-3-7-13(15)19-20-14(11-27-23(20)30)18-12-6-2-5-9-16(12)29(24(26)34-17)21(18)22(19)28/h2-9,17,24,32H,10-11H2,1H3,(H,27,30)/t17?,24-,26-/m1/s1. The van der Waals surface area contributed by atoms with Crippen molar-refractivity contribution in [2.24, 2.45) is 0 Å². The molecule has 3 aromatic carbocycles. The van der Waals surface area contributed by atoms with E-state index in [0.29, 0.717) is 12.1 Å². The first-order chi connectivity index (χ1) is 16.5. The molecule has 34 heavy (non-hydrogen) atoms. The molecule has 8 rings (SSSR count). The number of ether oxygens (including phenoxy) is 2. The molecule has 0 aliphatic carbocycles. The van der Waals surface area contributed by atoms with Crippen LogP contribution in [-0.4, -0.2) is 38.8 Å². The predicted molar refractivity (Wildman–Crippen MR) is 124 cm³/mol. The van der Waals surface area contributed by atoms with Gasteiger partial charge in [0.2, 0.25) is 5.60 Å². The third-order valence-corrected chi connectivity index (χ3v) is 7.79. The smallest absolute Gasteiger partial charge is 0.342 e. The molecule has 1 amide bonds. The summed E-state index contributed by atoms with van der Waals surface area (Å²) in [5.74, 6) is -0.807. The largest absolute Gasteiger partial charge is 0.467 e. The van der Waals surface area contributed by atoms with Crippen LogP contribution in [0.1, 0.15) is 34.8 Å². The predicted octanol–water partition coefficient (Wildman–Crippen LogP) is 3.48. The minimum absolute atomic E-state index is 0.0365. The lowest BCUT2D eigenvalue weighted by molar-refractivity contribution is -0.174. The van der Waals surface area contributed by atoms with Crippen LogP contribution in [-0.2, 0) is 20.8 Å². The SMILES string of the molecule is COC(=O)[C@@]1(O)CC2O[C@H]1n1c3ccccc3c3c4c(c5c6ccccc6n2c5c31)C(=O)NC4. The summed E-state index contributed by atoms with van der Waals surface area (Å²) in [6, 6.07) is 15.8. The number of methoxy groups -OCH3 is 1. The number of aromatic nitrogens is 2. The van der Waals surface area contributed by atoms with E-state index in [1.54, 1.807) is 0 Å². The third-order valence-electron chi connectivity index (χ3n) is 7.79. The molecule has 2 aromatic heterocycles. The van der Waals surface area contributed by atoms with Gasteiger partial charge in [0.1, 0.15) is 6.23 Å². The van der Waals surface area contributed by atoms with E-state index in [4.69, 9.17) is 9.47 Å². The van der Waals surface area contributed by atoms with Crippen molar-refractivity contribution in [3.05, 3.63) is 59.7 Å². The number of benzene rings is 3. The van der Waals surface area contributed by atoms with Crippen molar-refractivity contribution in [2.75, 3.05) is 7.11 Å². The number of aliphatic hydroxyl groups is 1. The van der Waals surface area contributed by atoms with Crippen molar-refractivity contribution >= 4 is 55.5 Å². The van der Waals surface area contributed by atoms with Crippen LogP contribution in [0.15, 0.2) is 48.5 Å². The second-order valence-electron chi connectivity index (χ2n) is 9.32. The molecule has 8 heteroatoms. The summed E-state index contributed by atoms with van der Waals surface area (Å²) in [4.78, 5) is 26.1. The fourth-order valence-electron chi connectivity index (χ4n) is 6.52. The highest BCUT2D eigenvalue weighted by Crippen LogP contribution is 2.55.